The Labute approximate surface area is 190 Å². The lowest BCUT2D eigenvalue weighted by molar-refractivity contribution is -0.230. The third kappa shape index (κ3) is 5.25. The maximum absolute atomic E-state index is 13.1. The van der Waals surface area contributed by atoms with Crippen molar-refractivity contribution >= 4 is 11.8 Å². The number of hydrogen-bond acceptors (Lipinski definition) is 4. The fraction of sp³-hybridized carbons (Fsp3) is 0.231. The van der Waals surface area contributed by atoms with Gasteiger partial charge in [0.2, 0.25) is 0 Å². The SMILES string of the molecule is Cc1cccc(CCC2=NC(c3ccccc3)C(c3ccccc3)N2OC(=O)C(F)(F)F)c1. The molecule has 1 aliphatic rings. The molecule has 2 atom stereocenters. The largest absolute Gasteiger partial charge is 0.493 e. The van der Waals surface area contributed by atoms with Crippen LogP contribution >= 0.6 is 0 Å². The van der Waals surface area contributed by atoms with Crippen molar-refractivity contribution in [3.05, 3.63) is 107 Å². The first-order chi connectivity index (χ1) is 15.8. The van der Waals surface area contributed by atoms with Crippen LogP contribution in [0.5, 0.6) is 0 Å². The second-order valence-electron chi connectivity index (χ2n) is 7.95. The molecule has 0 saturated heterocycles. The summed E-state index contributed by atoms with van der Waals surface area (Å²) in [6.45, 7) is 1.98. The van der Waals surface area contributed by atoms with Crippen LogP contribution in [0.15, 0.2) is 89.9 Å². The van der Waals surface area contributed by atoms with Crippen LogP contribution in [0.3, 0.4) is 0 Å². The Bertz CT molecular complexity index is 1130. The summed E-state index contributed by atoms with van der Waals surface area (Å²) >= 11 is 0. The van der Waals surface area contributed by atoms with E-state index in [-0.39, 0.29) is 0 Å². The van der Waals surface area contributed by atoms with Gasteiger partial charge in [-0.3, -0.25) is 4.99 Å². The summed E-state index contributed by atoms with van der Waals surface area (Å²) in [4.78, 5) is 21.6. The Kier molecular flexibility index (Phi) is 6.49. The fourth-order valence-electron chi connectivity index (χ4n) is 4.00. The standard InChI is InChI=1S/C26H23F3N2O2/c1-18-9-8-10-19(17-18)15-16-22-30-23(20-11-4-2-5-12-20)24(21-13-6-3-7-14-21)31(22)33-25(32)26(27,28)29/h2-14,17,23-24H,15-16H2,1H3. The molecule has 0 saturated carbocycles. The molecule has 0 spiro atoms. The molecular weight excluding hydrogens is 429 g/mol. The molecule has 1 aliphatic heterocycles. The van der Waals surface area contributed by atoms with Gasteiger partial charge in [0.15, 0.2) is 0 Å². The van der Waals surface area contributed by atoms with Crippen LogP contribution in [-0.2, 0) is 16.1 Å². The Balaban J connectivity index is 1.72. The zero-order valence-corrected chi connectivity index (χ0v) is 18.0. The lowest BCUT2D eigenvalue weighted by atomic mass is 9.94. The average Bonchev–Trinajstić information content (AvgIpc) is 3.16. The Morgan fingerprint density at radius 2 is 1.55 bits per heavy atom. The molecule has 2 unspecified atom stereocenters. The van der Waals surface area contributed by atoms with Gasteiger partial charge in [-0.05, 0) is 30.0 Å². The quantitative estimate of drug-likeness (QED) is 0.451. The molecule has 3 aromatic rings. The second kappa shape index (κ2) is 9.48. The minimum atomic E-state index is -5.12. The van der Waals surface area contributed by atoms with Gasteiger partial charge in [0.25, 0.3) is 0 Å². The number of nitrogens with zero attached hydrogens (tertiary/aromatic N) is 2. The zero-order chi connectivity index (χ0) is 23.4. The van der Waals surface area contributed by atoms with E-state index in [2.05, 4.69) is 0 Å². The highest BCUT2D eigenvalue weighted by atomic mass is 19.4. The number of hydroxylamine groups is 2. The van der Waals surface area contributed by atoms with Crippen LogP contribution < -0.4 is 0 Å². The molecule has 4 nitrogen and oxygen atoms in total. The summed E-state index contributed by atoms with van der Waals surface area (Å²) in [6.07, 6.45) is -4.25. The van der Waals surface area contributed by atoms with E-state index in [4.69, 9.17) is 9.83 Å². The minimum Gasteiger partial charge on any atom is -0.330 e. The van der Waals surface area contributed by atoms with Gasteiger partial charge in [0.05, 0.1) is 0 Å². The van der Waals surface area contributed by atoms with Crippen molar-refractivity contribution in [3.63, 3.8) is 0 Å². The Hall–Kier alpha value is -3.61. The van der Waals surface area contributed by atoms with Crippen LogP contribution in [0.2, 0.25) is 0 Å². The Morgan fingerprint density at radius 3 is 2.15 bits per heavy atom. The second-order valence-corrected chi connectivity index (χ2v) is 7.95. The zero-order valence-electron chi connectivity index (χ0n) is 18.0. The molecule has 0 fully saturated rings. The first-order valence-corrected chi connectivity index (χ1v) is 10.6. The molecule has 33 heavy (non-hydrogen) atoms. The van der Waals surface area contributed by atoms with Gasteiger partial charge in [0.1, 0.15) is 17.9 Å². The molecule has 0 aliphatic carbocycles. The molecule has 7 heteroatoms. The number of carbonyl (C=O) groups excluding carboxylic acids is 1. The summed E-state index contributed by atoms with van der Waals surface area (Å²) in [5.41, 5.74) is 3.64. The fourth-order valence-corrected chi connectivity index (χ4v) is 4.00. The van der Waals surface area contributed by atoms with Gasteiger partial charge in [-0.1, -0.05) is 90.5 Å². The van der Waals surface area contributed by atoms with E-state index < -0.39 is 24.2 Å². The highest BCUT2D eigenvalue weighted by Crippen LogP contribution is 2.43. The van der Waals surface area contributed by atoms with Gasteiger partial charge < -0.3 is 4.84 Å². The van der Waals surface area contributed by atoms with Crippen molar-refractivity contribution in [1.82, 2.24) is 5.06 Å². The van der Waals surface area contributed by atoms with Crippen LogP contribution in [0.1, 0.15) is 40.8 Å². The van der Waals surface area contributed by atoms with Crippen molar-refractivity contribution < 1.29 is 22.8 Å². The van der Waals surface area contributed by atoms with E-state index in [0.29, 0.717) is 24.2 Å². The van der Waals surface area contributed by atoms with E-state index in [1.807, 2.05) is 67.6 Å². The molecule has 3 aromatic carbocycles. The summed E-state index contributed by atoms with van der Waals surface area (Å²) in [7, 11) is 0. The number of amidine groups is 1. The number of benzene rings is 3. The van der Waals surface area contributed by atoms with Crippen LogP contribution in [0, 0.1) is 6.92 Å². The number of aryl methyl sites for hydroxylation is 2. The predicted octanol–water partition coefficient (Wildman–Crippen LogP) is 6.14. The topological polar surface area (TPSA) is 41.9 Å². The highest BCUT2D eigenvalue weighted by molar-refractivity contribution is 5.86. The van der Waals surface area contributed by atoms with Gasteiger partial charge in [0, 0.05) is 6.42 Å². The normalized spacial score (nSPS) is 18.2. The molecule has 1 heterocycles. The smallest absolute Gasteiger partial charge is 0.330 e. The number of hydrogen-bond donors (Lipinski definition) is 0. The predicted molar refractivity (Wildman–Crippen MR) is 119 cm³/mol. The van der Waals surface area contributed by atoms with Crippen LogP contribution in [-0.4, -0.2) is 23.0 Å². The molecule has 0 bridgehead atoms. The third-order valence-corrected chi connectivity index (χ3v) is 5.51. The first kappa shape index (κ1) is 22.6. The molecule has 0 N–H and O–H groups in total. The average molecular weight is 452 g/mol. The summed E-state index contributed by atoms with van der Waals surface area (Å²) in [6, 6.07) is 25.0. The lowest BCUT2D eigenvalue weighted by Gasteiger charge is -2.29. The molecule has 170 valence electrons. The number of aliphatic imine (C=N–C) groups is 1. The maximum atomic E-state index is 13.1. The minimum absolute atomic E-state index is 0.303. The third-order valence-electron chi connectivity index (χ3n) is 5.51. The van der Waals surface area contributed by atoms with Crippen molar-refractivity contribution in [1.29, 1.82) is 0 Å². The van der Waals surface area contributed by atoms with Gasteiger partial charge in [-0.2, -0.15) is 18.2 Å². The Morgan fingerprint density at radius 1 is 0.909 bits per heavy atom. The van der Waals surface area contributed by atoms with E-state index in [1.165, 1.54) is 0 Å². The van der Waals surface area contributed by atoms with Gasteiger partial charge in [-0.15, -0.1) is 0 Å². The molecule has 4 rings (SSSR count). The van der Waals surface area contributed by atoms with Crippen molar-refractivity contribution in [2.45, 2.75) is 38.0 Å². The van der Waals surface area contributed by atoms with Gasteiger partial charge >= 0.3 is 12.1 Å². The van der Waals surface area contributed by atoms with Crippen LogP contribution in [0.25, 0.3) is 0 Å². The summed E-state index contributed by atoms with van der Waals surface area (Å²) < 4.78 is 39.4. The maximum Gasteiger partial charge on any atom is 0.493 e. The number of carbonyl (C=O) groups is 1. The van der Waals surface area contributed by atoms with Gasteiger partial charge in [-0.25, -0.2) is 4.79 Å². The summed E-state index contributed by atoms with van der Waals surface area (Å²) in [5, 5.41) is 1.05. The molecule has 0 aromatic heterocycles. The van der Waals surface area contributed by atoms with E-state index in [0.717, 1.165) is 21.8 Å². The molecular formula is C26H23F3N2O2. The molecule has 0 amide bonds. The molecule has 0 radical (unpaired) electrons. The summed E-state index contributed by atoms with van der Waals surface area (Å²) in [5.74, 6) is -1.96. The van der Waals surface area contributed by atoms with E-state index >= 15 is 0 Å². The van der Waals surface area contributed by atoms with Crippen molar-refractivity contribution in [2.24, 2.45) is 4.99 Å². The number of rotatable bonds is 6. The monoisotopic (exact) mass is 452 g/mol. The van der Waals surface area contributed by atoms with Crippen molar-refractivity contribution in [2.75, 3.05) is 0 Å². The lowest BCUT2D eigenvalue weighted by Crippen LogP contribution is -2.39. The first-order valence-electron chi connectivity index (χ1n) is 10.6. The van der Waals surface area contributed by atoms with Crippen molar-refractivity contribution in [3.8, 4) is 0 Å². The van der Waals surface area contributed by atoms with E-state index in [1.54, 1.807) is 24.3 Å². The van der Waals surface area contributed by atoms with Crippen LogP contribution in [0.4, 0.5) is 13.2 Å². The van der Waals surface area contributed by atoms with E-state index in [9.17, 15) is 18.0 Å². The number of alkyl halides is 3. The number of halogens is 3. The highest BCUT2D eigenvalue weighted by Gasteiger charge is 2.47.